The molecule has 3 rings (SSSR count). The summed E-state index contributed by atoms with van der Waals surface area (Å²) in [5, 5.41) is 2.46. The highest BCUT2D eigenvalue weighted by Crippen LogP contribution is 2.11. The molecule has 0 amide bonds. The van der Waals surface area contributed by atoms with Gasteiger partial charge in [-0.05, 0) is 18.2 Å². The molecular weight excluding hydrogens is 241 g/mol. The zero-order valence-electron chi connectivity index (χ0n) is 8.86. The van der Waals surface area contributed by atoms with Crippen LogP contribution in [0.15, 0.2) is 38.6 Å². The molecule has 0 unspecified atom stereocenters. The molecule has 0 bridgehead atoms. The molecule has 0 aliphatic carbocycles. The normalized spacial score (nSPS) is 11.2. The summed E-state index contributed by atoms with van der Waals surface area (Å²) in [5.74, 6) is -0.563. The van der Waals surface area contributed by atoms with Crippen LogP contribution in [0.25, 0.3) is 16.4 Å². The number of fused-ring (bicyclic) bond motifs is 3. The fourth-order valence-electron chi connectivity index (χ4n) is 1.88. The van der Waals surface area contributed by atoms with Crippen LogP contribution in [0.2, 0.25) is 0 Å². The van der Waals surface area contributed by atoms with Crippen molar-refractivity contribution in [2.24, 2.45) is 0 Å². The third kappa shape index (κ3) is 1.37. The summed E-state index contributed by atoms with van der Waals surface area (Å²) in [6, 6.07) is 4.59. The van der Waals surface area contributed by atoms with Crippen LogP contribution in [0, 0.1) is 5.82 Å². The molecule has 0 aliphatic heterocycles. The molecule has 0 fully saturated rings. The first-order valence-electron chi connectivity index (χ1n) is 5.04. The predicted molar refractivity (Wildman–Crippen MR) is 62.4 cm³/mol. The van der Waals surface area contributed by atoms with Crippen LogP contribution in [-0.2, 0) is 0 Å². The van der Waals surface area contributed by atoms with Crippen molar-refractivity contribution < 1.29 is 4.39 Å². The van der Waals surface area contributed by atoms with Gasteiger partial charge in [0.25, 0.3) is 5.56 Å². The summed E-state index contributed by atoms with van der Waals surface area (Å²) in [7, 11) is 0. The van der Waals surface area contributed by atoms with E-state index in [9.17, 15) is 18.8 Å². The number of aromatic amines is 2. The molecule has 1 aromatic carbocycles. The van der Waals surface area contributed by atoms with Gasteiger partial charge in [0.1, 0.15) is 11.3 Å². The first-order chi connectivity index (χ1) is 8.56. The molecule has 2 aromatic heterocycles. The van der Waals surface area contributed by atoms with E-state index in [-0.39, 0.29) is 16.4 Å². The van der Waals surface area contributed by atoms with Gasteiger partial charge >= 0.3 is 5.69 Å². The first-order valence-corrected chi connectivity index (χ1v) is 5.04. The Bertz CT molecular complexity index is 952. The van der Waals surface area contributed by atoms with Crippen LogP contribution in [0.5, 0.6) is 0 Å². The number of H-pyrrole nitrogens is 2. The summed E-state index contributed by atoms with van der Waals surface area (Å²) in [6.45, 7) is 0. The zero-order chi connectivity index (χ0) is 12.9. The molecule has 2 N–H and O–H groups in total. The second-order valence-electron chi connectivity index (χ2n) is 3.79. The number of hydrogen-bond acceptors (Lipinski definition) is 3. The van der Waals surface area contributed by atoms with E-state index in [1.54, 1.807) is 0 Å². The Kier molecular flexibility index (Phi) is 1.97. The number of benzene rings is 1. The van der Waals surface area contributed by atoms with Gasteiger partial charge in [-0.2, -0.15) is 0 Å². The molecule has 7 heteroatoms. The Morgan fingerprint density at radius 3 is 2.61 bits per heavy atom. The zero-order valence-corrected chi connectivity index (χ0v) is 8.86. The van der Waals surface area contributed by atoms with E-state index in [0.29, 0.717) is 0 Å². The fourth-order valence-corrected chi connectivity index (χ4v) is 1.88. The predicted octanol–water partition coefficient (Wildman–Crippen LogP) is -0.0316. The van der Waals surface area contributed by atoms with Gasteiger partial charge in [-0.15, -0.1) is 0 Å². The summed E-state index contributed by atoms with van der Waals surface area (Å²) >= 11 is 0. The summed E-state index contributed by atoms with van der Waals surface area (Å²) in [6.07, 6.45) is 0. The van der Waals surface area contributed by atoms with Crippen LogP contribution < -0.4 is 16.7 Å². The van der Waals surface area contributed by atoms with Crippen molar-refractivity contribution in [3.05, 3.63) is 61.1 Å². The van der Waals surface area contributed by atoms with E-state index in [0.717, 1.165) is 22.7 Å². The highest BCUT2D eigenvalue weighted by Gasteiger charge is 2.08. The number of nitrogens with one attached hydrogen (secondary N) is 2. The Morgan fingerprint density at radius 1 is 1.06 bits per heavy atom. The monoisotopic (exact) mass is 247 g/mol. The summed E-state index contributed by atoms with van der Waals surface area (Å²) < 4.78 is 14.3. The van der Waals surface area contributed by atoms with Gasteiger partial charge in [-0.1, -0.05) is 0 Å². The average Bonchev–Trinajstić information content (AvgIpc) is 2.31. The van der Waals surface area contributed by atoms with Crippen molar-refractivity contribution in [2.75, 3.05) is 0 Å². The van der Waals surface area contributed by atoms with E-state index >= 15 is 0 Å². The van der Waals surface area contributed by atoms with E-state index in [2.05, 4.69) is 5.10 Å². The van der Waals surface area contributed by atoms with Crippen molar-refractivity contribution >= 4 is 16.4 Å². The van der Waals surface area contributed by atoms with E-state index < -0.39 is 22.5 Å². The summed E-state index contributed by atoms with van der Waals surface area (Å²) in [5.41, 5.74) is -1.60. The minimum atomic E-state index is -0.707. The largest absolute Gasteiger partial charge is 0.340 e. The topological polar surface area (TPSA) is 87.2 Å². The van der Waals surface area contributed by atoms with Gasteiger partial charge in [0.15, 0.2) is 5.43 Å². The minimum absolute atomic E-state index is 0.00120. The second-order valence-corrected chi connectivity index (χ2v) is 3.79. The van der Waals surface area contributed by atoms with Crippen LogP contribution >= 0.6 is 0 Å². The van der Waals surface area contributed by atoms with Gasteiger partial charge in [-0.3, -0.25) is 14.6 Å². The molecular formula is C11H6FN3O3. The molecule has 0 atom stereocenters. The third-order valence-electron chi connectivity index (χ3n) is 2.65. The SMILES string of the molecule is O=c1[nH]c(=O)c2cc(=O)c3cc(F)ccc3n2[nH]1. The quantitative estimate of drug-likeness (QED) is 0.547. The van der Waals surface area contributed by atoms with Crippen molar-refractivity contribution in [3.63, 3.8) is 0 Å². The maximum atomic E-state index is 13.1. The maximum absolute atomic E-state index is 13.1. The lowest BCUT2D eigenvalue weighted by molar-refractivity contribution is 0.629. The lowest BCUT2D eigenvalue weighted by Gasteiger charge is -2.04. The molecule has 6 nitrogen and oxygen atoms in total. The smallest absolute Gasteiger partial charge is 0.289 e. The van der Waals surface area contributed by atoms with Gasteiger partial charge in [0, 0.05) is 6.07 Å². The number of rotatable bonds is 0. The van der Waals surface area contributed by atoms with Crippen molar-refractivity contribution in [2.45, 2.75) is 0 Å². The lowest BCUT2D eigenvalue weighted by atomic mass is 10.2. The first kappa shape index (κ1) is 10.5. The molecule has 0 saturated heterocycles. The lowest BCUT2D eigenvalue weighted by Crippen LogP contribution is -2.28. The number of hydrogen-bond donors (Lipinski definition) is 2. The van der Waals surface area contributed by atoms with Crippen LogP contribution in [-0.4, -0.2) is 14.6 Å². The van der Waals surface area contributed by atoms with Gasteiger partial charge < -0.3 is 0 Å². The number of halogens is 1. The summed E-state index contributed by atoms with van der Waals surface area (Å²) in [4.78, 5) is 36.5. The molecule has 0 spiro atoms. The van der Waals surface area contributed by atoms with E-state index in [1.807, 2.05) is 4.98 Å². The fraction of sp³-hybridized carbons (Fsp3) is 0. The van der Waals surface area contributed by atoms with Crippen LogP contribution in [0.4, 0.5) is 4.39 Å². The van der Waals surface area contributed by atoms with Crippen LogP contribution in [0.1, 0.15) is 0 Å². The highest BCUT2D eigenvalue weighted by atomic mass is 19.1. The molecule has 0 saturated carbocycles. The molecule has 18 heavy (non-hydrogen) atoms. The van der Waals surface area contributed by atoms with Gasteiger partial charge in [0.2, 0.25) is 0 Å². The van der Waals surface area contributed by atoms with Gasteiger partial charge in [-0.25, -0.2) is 18.8 Å². The molecule has 0 aliphatic rings. The highest BCUT2D eigenvalue weighted by molar-refractivity contribution is 5.81. The minimum Gasteiger partial charge on any atom is -0.289 e. The molecule has 2 heterocycles. The van der Waals surface area contributed by atoms with Gasteiger partial charge in [0.05, 0.1) is 10.9 Å². The Hall–Kier alpha value is -2.70. The van der Waals surface area contributed by atoms with Crippen LogP contribution in [0.3, 0.4) is 0 Å². The second kappa shape index (κ2) is 3.39. The van der Waals surface area contributed by atoms with E-state index in [1.165, 1.54) is 6.07 Å². The van der Waals surface area contributed by atoms with Crippen molar-refractivity contribution in [3.8, 4) is 0 Å². The number of pyridine rings is 1. The molecule has 0 radical (unpaired) electrons. The molecule has 3 aromatic rings. The third-order valence-corrected chi connectivity index (χ3v) is 2.65. The van der Waals surface area contributed by atoms with Crippen molar-refractivity contribution in [1.82, 2.24) is 14.6 Å². The standard InChI is InChI=1S/C11H6FN3O3/c12-5-1-2-7-6(3-5)9(16)4-8-10(17)13-11(18)14-15(7)8/h1-4H,(H2,13,14,17,18). The average molecular weight is 247 g/mol. The molecule has 90 valence electrons. The number of aromatic nitrogens is 3. The van der Waals surface area contributed by atoms with Crippen molar-refractivity contribution in [1.29, 1.82) is 0 Å². The Balaban J connectivity index is 2.74. The Labute approximate surface area is 97.3 Å². The Morgan fingerprint density at radius 2 is 1.83 bits per heavy atom. The number of nitrogens with zero attached hydrogens (tertiary/aromatic N) is 1. The van der Waals surface area contributed by atoms with E-state index in [4.69, 9.17) is 0 Å². The maximum Gasteiger partial charge on any atom is 0.340 e.